The first-order chi connectivity index (χ1) is 13.5. The molecule has 7 heteroatoms. The fraction of sp³-hybridized carbons (Fsp3) is 0.333. The Bertz CT molecular complexity index is 846. The third-order valence-electron chi connectivity index (χ3n) is 4.87. The van der Waals surface area contributed by atoms with Gasteiger partial charge in [0.2, 0.25) is 11.8 Å². The van der Waals surface area contributed by atoms with Crippen molar-refractivity contribution < 1.29 is 19.1 Å². The number of hydrogen-bond donors (Lipinski definition) is 2. The average molecular weight is 383 g/mol. The highest BCUT2D eigenvalue weighted by atomic mass is 16.5. The van der Waals surface area contributed by atoms with Gasteiger partial charge in [-0.3, -0.25) is 9.59 Å². The summed E-state index contributed by atoms with van der Waals surface area (Å²) in [5, 5.41) is 2.84. The van der Waals surface area contributed by atoms with Gasteiger partial charge in [0.1, 0.15) is 17.5 Å². The number of nitrogen functional groups attached to an aromatic ring is 1. The Hall–Kier alpha value is -3.22. The van der Waals surface area contributed by atoms with E-state index in [0.717, 1.165) is 5.56 Å². The Balaban J connectivity index is 1.61. The van der Waals surface area contributed by atoms with Crippen LogP contribution >= 0.6 is 0 Å². The normalized spacial score (nSPS) is 16.1. The minimum atomic E-state index is -0.530. The maximum Gasteiger partial charge on any atom is 0.249 e. The Morgan fingerprint density at radius 1 is 1.18 bits per heavy atom. The highest BCUT2D eigenvalue weighted by molar-refractivity contribution is 6.01. The van der Waals surface area contributed by atoms with E-state index in [9.17, 15) is 9.59 Å². The molecule has 1 aliphatic heterocycles. The molecule has 3 rings (SSSR count). The summed E-state index contributed by atoms with van der Waals surface area (Å²) in [5.41, 5.74) is 8.20. The van der Waals surface area contributed by atoms with Crippen LogP contribution in [-0.4, -0.2) is 38.6 Å². The second-order valence-corrected chi connectivity index (χ2v) is 6.67. The SMILES string of the molecule is COc1cc(OC)cc(N2CCC(NC(=O)CCc3ccccc3N)C2=O)c1. The molecule has 2 aromatic carbocycles. The molecule has 7 nitrogen and oxygen atoms in total. The molecule has 1 aliphatic rings. The number of hydrogen-bond acceptors (Lipinski definition) is 5. The van der Waals surface area contributed by atoms with Crippen molar-refractivity contribution in [1.29, 1.82) is 0 Å². The van der Waals surface area contributed by atoms with Gasteiger partial charge >= 0.3 is 0 Å². The molecule has 0 radical (unpaired) electrons. The molecular formula is C21H25N3O4. The van der Waals surface area contributed by atoms with Crippen molar-refractivity contribution >= 4 is 23.2 Å². The van der Waals surface area contributed by atoms with Gasteiger partial charge in [0.05, 0.1) is 19.9 Å². The molecule has 1 heterocycles. The molecule has 1 unspecified atom stereocenters. The summed E-state index contributed by atoms with van der Waals surface area (Å²) in [6.07, 6.45) is 1.37. The van der Waals surface area contributed by atoms with Crippen LogP contribution in [-0.2, 0) is 16.0 Å². The molecule has 0 spiro atoms. The number of carbonyl (C=O) groups is 2. The van der Waals surface area contributed by atoms with E-state index in [-0.39, 0.29) is 18.2 Å². The number of aryl methyl sites for hydroxylation is 1. The van der Waals surface area contributed by atoms with Gasteiger partial charge in [-0.2, -0.15) is 0 Å². The minimum Gasteiger partial charge on any atom is -0.497 e. The van der Waals surface area contributed by atoms with Crippen molar-refractivity contribution in [2.45, 2.75) is 25.3 Å². The summed E-state index contributed by atoms with van der Waals surface area (Å²) in [7, 11) is 3.12. The van der Waals surface area contributed by atoms with Crippen LogP contribution in [0.1, 0.15) is 18.4 Å². The first-order valence-electron chi connectivity index (χ1n) is 9.19. The molecule has 0 saturated carbocycles. The van der Waals surface area contributed by atoms with E-state index in [1.807, 2.05) is 24.3 Å². The summed E-state index contributed by atoms with van der Waals surface area (Å²) in [4.78, 5) is 26.7. The standard InChI is InChI=1S/C21H25N3O4/c1-27-16-11-15(12-17(13-16)28-2)24-10-9-19(21(24)26)23-20(25)8-7-14-5-3-4-6-18(14)22/h3-6,11-13,19H,7-10,22H2,1-2H3,(H,23,25). The predicted molar refractivity (Wildman–Crippen MR) is 108 cm³/mol. The molecule has 1 fully saturated rings. The number of amides is 2. The van der Waals surface area contributed by atoms with Crippen LogP contribution in [0.3, 0.4) is 0 Å². The van der Waals surface area contributed by atoms with Crippen LogP contribution < -0.4 is 25.4 Å². The van der Waals surface area contributed by atoms with E-state index in [1.54, 1.807) is 37.3 Å². The molecule has 2 amide bonds. The lowest BCUT2D eigenvalue weighted by atomic mass is 10.1. The molecule has 3 N–H and O–H groups in total. The zero-order valence-corrected chi connectivity index (χ0v) is 16.1. The maximum atomic E-state index is 12.8. The second-order valence-electron chi connectivity index (χ2n) is 6.67. The van der Waals surface area contributed by atoms with Gasteiger partial charge in [-0.15, -0.1) is 0 Å². The number of nitrogens with zero attached hydrogens (tertiary/aromatic N) is 1. The lowest BCUT2D eigenvalue weighted by Crippen LogP contribution is -2.41. The molecule has 1 atom stereocenters. The van der Waals surface area contributed by atoms with Crippen LogP contribution in [0, 0.1) is 0 Å². The minimum absolute atomic E-state index is 0.136. The van der Waals surface area contributed by atoms with E-state index in [0.29, 0.717) is 42.3 Å². The number of benzene rings is 2. The van der Waals surface area contributed by atoms with Crippen LogP contribution in [0.4, 0.5) is 11.4 Å². The lowest BCUT2D eigenvalue weighted by Gasteiger charge is -2.19. The number of rotatable bonds is 7. The van der Waals surface area contributed by atoms with Gasteiger partial charge < -0.3 is 25.4 Å². The Morgan fingerprint density at radius 2 is 1.86 bits per heavy atom. The zero-order chi connectivity index (χ0) is 20.1. The zero-order valence-electron chi connectivity index (χ0n) is 16.1. The smallest absolute Gasteiger partial charge is 0.249 e. The molecular weight excluding hydrogens is 358 g/mol. The number of nitrogens with one attached hydrogen (secondary N) is 1. The summed E-state index contributed by atoms with van der Waals surface area (Å²) in [5.74, 6) is 0.916. The number of ether oxygens (including phenoxy) is 2. The highest BCUT2D eigenvalue weighted by Gasteiger charge is 2.34. The average Bonchev–Trinajstić information content (AvgIpc) is 3.07. The summed E-state index contributed by atoms with van der Waals surface area (Å²) in [6, 6.07) is 12.3. The monoisotopic (exact) mass is 383 g/mol. The number of para-hydroxylation sites is 1. The predicted octanol–water partition coefficient (Wildman–Crippen LogP) is 2.14. The van der Waals surface area contributed by atoms with Gasteiger partial charge in [0, 0.05) is 36.9 Å². The molecule has 0 aromatic heterocycles. The van der Waals surface area contributed by atoms with Crippen molar-refractivity contribution in [2.24, 2.45) is 0 Å². The fourth-order valence-electron chi connectivity index (χ4n) is 3.30. The van der Waals surface area contributed by atoms with E-state index >= 15 is 0 Å². The molecule has 0 bridgehead atoms. The van der Waals surface area contributed by atoms with Crippen LogP contribution in [0.2, 0.25) is 0 Å². The van der Waals surface area contributed by atoms with Gasteiger partial charge in [-0.05, 0) is 24.5 Å². The number of methoxy groups -OCH3 is 2. The Kier molecular flexibility index (Phi) is 6.03. The highest BCUT2D eigenvalue weighted by Crippen LogP contribution is 2.31. The maximum absolute atomic E-state index is 12.8. The van der Waals surface area contributed by atoms with Crippen molar-refractivity contribution in [2.75, 3.05) is 31.4 Å². The fourth-order valence-corrected chi connectivity index (χ4v) is 3.30. The number of carbonyl (C=O) groups excluding carboxylic acids is 2. The largest absolute Gasteiger partial charge is 0.497 e. The van der Waals surface area contributed by atoms with Crippen molar-refractivity contribution in [3.8, 4) is 11.5 Å². The van der Waals surface area contributed by atoms with E-state index in [2.05, 4.69) is 5.32 Å². The van der Waals surface area contributed by atoms with E-state index in [4.69, 9.17) is 15.2 Å². The topological polar surface area (TPSA) is 93.9 Å². The van der Waals surface area contributed by atoms with Crippen LogP contribution in [0.5, 0.6) is 11.5 Å². The number of nitrogens with two attached hydrogens (primary N) is 1. The Labute approximate surface area is 164 Å². The number of anilines is 2. The molecule has 28 heavy (non-hydrogen) atoms. The van der Waals surface area contributed by atoms with Crippen molar-refractivity contribution in [3.63, 3.8) is 0 Å². The second kappa shape index (κ2) is 8.65. The van der Waals surface area contributed by atoms with Gasteiger partial charge in [-0.1, -0.05) is 18.2 Å². The van der Waals surface area contributed by atoms with Crippen LogP contribution in [0.15, 0.2) is 42.5 Å². The molecule has 1 saturated heterocycles. The summed E-state index contributed by atoms with van der Waals surface area (Å²) in [6.45, 7) is 0.520. The van der Waals surface area contributed by atoms with Gasteiger partial charge in [-0.25, -0.2) is 0 Å². The van der Waals surface area contributed by atoms with E-state index in [1.165, 1.54) is 0 Å². The van der Waals surface area contributed by atoms with Gasteiger partial charge in [0.25, 0.3) is 0 Å². The molecule has 148 valence electrons. The van der Waals surface area contributed by atoms with Gasteiger partial charge in [0.15, 0.2) is 0 Å². The molecule has 0 aliphatic carbocycles. The lowest BCUT2D eigenvalue weighted by molar-refractivity contribution is -0.126. The first-order valence-corrected chi connectivity index (χ1v) is 9.19. The first kappa shape index (κ1) is 19.5. The summed E-state index contributed by atoms with van der Waals surface area (Å²) >= 11 is 0. The third-order valence-corrected chi connectivity index (χ3v) is 4.87. The van der Waals surface area contributed by atoms with Crippen molar-refractivity contribution in [1.82, 2.24) is 5.32 Å². The van der Waals surface area contributed by atoms with E-state index < -0.39 is 6.04 Å². The van der Waals surface area contributed by atoms with Crippen molar-refractivity contribution in [3.05, 3.63) is 48.0 Å². The third kappa shape index (κ3) is 4.36. The van der Waals surface area contributed by atoms with Crippen LogP contribution in [0.25, 0.3) is 0 Å². The Morgan fingerprint density at radius 3 is 2.50 bits per heavy atom. The summed E-state index contributed by atoms with van der Waals surface area (Å²) < 4.78 is 10.5. The quantitative estimate of drug-likeness (QED) is 0.715. The molecule has 2 aromatic rings.